The zero-order valence-corrected chi connectivity index (χ0v) is 19.8. The molecule has 4 aromatic carbocycles. The smallest absolute Gasteiger partial charge is 0.126 e. The van der Waals surface area contributed by atoms with Crippen molar-refractivity contribution in [3.05, 3.63) is 107 Å². The van der Waals surface area contributed by atoms with E-state index in [1.165, 1.54) is 43.7 Å². The van der Waals surface area contributed by atoms with E-state index >= 15 is 0 Å². The van der Waals surface area contributed by atoms with Crippen molar-refractivity contribution >= 4 is 23.8 Å². The number of rotatable bonds is 5. The molecule has 0 N–H and O–H groups in total. The maximum absolute atomic E-state index is 5.73. The highest BCUT2D eigenvalue weighted by Crippen LogP contribution is 2.40. The molecule has 0 atom stereocenters. The van der Waals surface area contributed by atoms with Gasteiger partial charge in [-0.05, 0) is 63.2 Å². The molecule has 0 aliphatic heterocycles. The van der Waals surface area contributed by atoms with Crippen LogP contribution in [-0.4, -0.2) is 7.11 Å². The van der Waals surface area contributed by atoms with E-state index in [1.807, 2.05) is 12.1 Å². The van der Waals surface area contributed by atoms with Gasteiger partial charge in [0.2, 0.25) is 0 Å². The fraction of sp³-hybridized carbons (Fsp3) is 0.172. The van der Waals surface area contributed by atoms with Gasteiger partial charge in [0.25, 0.3) is 0 Å². The number of hydrogen-bond acceptors (Lipinski definition) is 1. The van der Waals surface area contributed by atoms with E-state index in [0.717, 1.165) is 11.3 Å². The molecule has 0 aliphatic carbocycles. The Bertz CT molecular complexity index is 1130. The summed E-state index contributed by atoms with van der Waals surface area (Å²) in [5, 5.41) is 4.14. The largest absolute Gasteiger partial charge is 0.496 e. The summed E-state index contributed by atoms with van der Waals surface area (Å²) < 4.78 is 5.73. The second-order valence-electron chi connectivity index (χ2n) is 8.24. The molecule has 0 unspecified atom stereocenters. The Morgan fingerprint density at radius 2 is 1.00 bits per heavy atom. The molecule has 156 valence electrons. The van der Waals surface area contributed by atoms with Crippen LogP contribution in [0.2, 0.25) is 0 Å². The van der Waals surface area contributed by atoms with Crippen LogP contribution in [0.1, 0.15) is 22.3 Å². The van der Waals surface area contributed by atoms with E-state index in [0.29, 0.717) is 0 Å². The van der Waals surface area contributed by atoms with Gasteiger partial charge < -0.3 is 4.74 Å². The third-order valence-electron chi connectivity index (χ3n) is 5.47. The molecule has 1 nitrogen and oxygen atoms in total. The Hall–Kier alpha value is -2.89. The standard InChI is InChI=1S/C29H29OP/c1-20-14-21(2)17-24(16-20)31(25-18-22(3)15-23(4)19-25)29-13-9-7-11-27(29)26-10-6-8-12-28(26)30-5/h6-19H,1-5H3. The molecule has 0 saturated carbocycles. The topological polar surface area (TPSA) is 9.23 Å². The van der Waals surface area contributed by atoms with Crippen molar-refractivity contribution in [1.29, 1.82) is 0 Å². The highest BCUT2D eigenvalue weighted by Gasteiger charge is 2.22. The minimum atomic E-state index is -0.728. The van der Waals surface area contributed by atoms with Crippen LogP contribution in [0.15, 0.2) is 84.9 Å². The van der Waals surface area contributed by atoms with Gasteiger partial charge >= 0.3 is 0 Å². The van der Waals surface area contributed by atoms with E-state index in [-0.39, 0.29) is 0 Å². The van der Waals surface area contributed by atoms with Crippen molar-refractivity contribution in [2.45, 2.75) is 27.7 Å². The third kappa shape index (κ3) is 4.58. The lowest BCUT2D eigenvalue weighted by Crippen LogP contribution is -2.23. The minimum absolute atomic E-state index is 0.728. The van der Waals surface area contributed by atoms with Crippen LogP contribution in [0.4, 0.5) is 0 Å². The van der Waals surface area contributed by atoms with Gasteiger partial charge in [0.15, 0.2) is 0 Å². The first-order chi connectivity index (χ1) is 15.0. The molecule has 0 radical (unpaired) electrons. The van der Waals surface area contributed by atoms with Gasteiger partial charge in [-0.2, -0.15) is 0 Å². The van der Waals surface area contributed by atoms with Crippen LogP contribution in [0, 0.1) is 27.7 Å². The molecule has 4 aromatic rings. The average Bonchev–Trinajstić information content (AvgIpc) is 2.73. The summed E-state index contributed by atoms with van der Waals surface area (Å²) in [6.07, 6.45) is 0. The quantitative estimate of drug-likeness (QED) is 0.339. The predicted octanol–water partition coefficient (Wildman–Crippen LogP) is 6.35. The fourth-order valence-electron chi connectivity index (χ4n) is 4.35. The van der Waals surface area contributed by atoms with E-state index < -0.39 is 7.92 Å². The number of hydrogen-bond donors (Lipinski definition) is 0. The highest BCUT2D eigenvalue weighted by atomic mass is 31.1. The summed E-state index contributed by atoms with van der Waals surface area (Å²) >= 11 is 0. The molecule has 2 heteroatoms. The Morgan fingerprint density at radius 1 is 0.548 bits per heavy atom. The molecule has 4 rings (SSSR count). The first-order valence-corrected chi connectivity index (χ1v) is 12.0. The lowest BCUT2D eigenvalue weighted by Gasteiger charge is -2.24. The summed E-state index contributed by atoms with van der Waals surface area (Å²) in [5.74, 6) is 0.908. The Morgan fingerprint density at radius 3 is 1.52 bits per heavy atom. The molecule has 0 bridgehead atoms. The van der Waals surface area contributed by atoms with Crippen LogP contribution in [0.3, 0.4) is 0 Å². The van der Waals surface area contributed by atoms with Crippen molar-refractivity contribution in [3.63, 3.8) is 0 Å². The molecular weight excluding hydrogens is 395 g/mol. The number of para-hydroxylation sites is 1. The van der Waals surface area contributed by atoms with Crippen LogP contribution in [0.25, 0.3) is 11.1 Å². The Labute approximate surface area is 187 Å². The molecule has 0 fully saturated rings. The van der Waals surface area contributed by atoms with Gasteiger partial charge in [0, 0.05) is 5.56 Å². The molecular formula is C29H29OP. The number of methoxy groups -OCH3 is 1. The summed E-state index contributed by atoms with van der Waals surface area (Å²) in [6, 6.07) is 31.1. The van der Waals surface area contributed by atoms with Gasteiger partial charge in [-0.1, -0.05) is 101 Å². The molecule has 0 aromatic heterocycles. The SMILES string of the molecule is COc1ccccc1-c1ccccc1P(c1cc(C)cc(C)c1)c1cc(C)cc(C)c1. The van der Waals surface area contributed by atoms with Gasteiger partial charge in [0.1, 0.15) is 5.75 Å². The summed E-state index contributed by atoms with van der Waals surface area (Å²) in [5.41, 5.74) is 7.61. The number of aryl methyl sites for hydroxylation is 4. The van der Waals surface area contributed by atoms with E-state index in [1.54, 1.807) is 7.11 Å². The van der Waals surface area contributed by atoms with Crippen LogP contribution >= 0.6 is 7.92 Å². The first kappa shape index (κ1) is 21.3. The lowest BCUT2D eigenvalue weighted by atomic mass is 10.0. The van der Waals surface area contributed by atoms with Crippen molar-refractivity contribution in [2.24, 2.45) is 0 Å². The van der Waals surface area contributed by atoms with Crippen molar-refractivity contribution < 1.29 is 4.74 Å². The fourth-order valence-corrected chi connectivity index (χ4v) is 7.21. The molecule has 0 aliphatic rings. The van der Waals surface area contributed by atoms with E-state index in [4.69, 9.17) is 4.74 Å². The molecule has 31 heavy (non-hydrogen) atoms. The second kappa shape index (κ2) is 9.08. The van der Waals surface area contributed by atoms with Gasteiger partial charge in [0.05, 0.1) is 7.11 Å². The summed E-state index contributed by atoms with van der Waals surface area (Å²) in [7, 11) is 1.02. The summed E-state index contributed by atoms with van der Waals surface area (Å²) in [6.45, 7) is 8.77. The van der Waals surface area contributed by atoms with Crippen LogP contribution in [-0.2, 0) is 0 Å². The molecule has 0 heterocycles. The van der Waals surface area contributed by atoms with Gasteiger partial charge in [-0.15, -0.1) is 0 Å². The third-order valence-corrected chi connectivity index (χ3v) is 7.89. The maximum atomic E-state index is 5.73. The maximum Gasteiger partial charge on any atom is 0.126 e. The number of ether oxygens (including phenoxy) is 1. The minimum Gasteiger partial charge on any atom is -0.496 e. The highest BCUT2D eigenvalue weighted by molar-refractivity contribution is 7.80. The number of benzene rings is 4. The average molecular weight is 425 g/mol. The zero-order valence-electron chi connectivity index (χ0n) is 18.9. The van der Waals surface area contributed by atoms with Gasteiger partial charge in [-0.25, -0.2) is 0 Å². The zero-order chi connectivity index (χ0) is 22.0. The second-order valence-corrected chi connectivity index (χ2v) is 10.4. The van der Waals surface area contributed by atoms with E-state index in [9.17, 15) is 0 Å². The normalized spacial score (nSPS) is 11.0. The summed E-state index contributed by atoms with van der Waals surface area (Å²) in [4.78, 5) is 0. The molecule has 0 spiro atoms. The Kier molecular flexibility index (Phi) is 6.25. The predicted molar refractivity (Wildman–Crippen MR) is 136 cm³/mol. The van der Waals surface area contributed by atoms with Crippen molar-refractivity contribution in [2.75, 3.05) is 7.11 Å². The van der Waals surface area contributed by atoms with Crippen LogP contribution in [0.5, 0.6) is 5.75 Å². The first-order valence-electron chi connectivity index (χ1n) is 10.7. The Balaban J connectivity index is 2.02. The van der Waals surface area contributed by atoms with Gasteiger partial charge in [-0.3, -0.25) is 0 Å². The van der Waals surface area contributed by atoms with Crippen molar-refractivity contribution in [1.82, 2.24) is 0 Å². The van der Waals surface area contributed by atoms with Crippen molar-refractivity contribution in [3.8, 4) is 16.9 Å². The van der Waals surface area contributed by atoms with Crippen LogP contribution < -0.4 is 20.7 Å². The lowest BCUT2D eigenvalue weighted by molar-refractivity contribution is 0.416. The van der Waals surface area contributed by atoms with E-state index in [2.05, 4.69) is 100 Å². The molecule has 0 saturated heterocycles. The molecule has 0 amide bonds. The monoisotopic (exact) mass is 424 g/mol.